The lowest BCUT2D eigenvalue weighted by Crippen LogP contribution is -2.56. The van der Waals surface area contributed by atoms with Gasteiger partial charge in [0, 0.05) is 12.2 Å². The molecular formula is C17H24N2O. The molecule has 0 radical (unpaired) electrons. The van der Waals surface area contributed by atoms with E-state index >= 15 is 0 Å². The van der Waals surface area contributed by atoms with Crippen LogP contribution in [0.2, 0.25) is 0 Å². The highest BCUT2D eigenvalue weighted by Crippen LogP contribution is 2.34. The normalized spacial score (nSPS) is 25.6. The zero-order valence-corrected chi connectivity index (χ0v) is 12.5. The van der Waals surface area contributed by atoms with Crippen LogP contribution in [0, 0.1) is 6.92 Å². The van der Waals surface area contributed by atoms with Gasteiger partial charge in [-0.3, -0.25) is 4.79 Å². The maximum atomic E-state index is 13.1. The molecule has 1 N–H and O–H groups in total. The van der Waals surface area contributed by atoms with E-state index in [2.05, 4.69) is 42.3 Å². The minimum Gasteiger partial charge on any atom is -0.310 e. The number of fused-ring (bicyclic) bond motifs is 1. The highest BCUT2D eigenvalue weighted by molar-refractivity contribution is 6.02. The second-order valence-electron chi connectivity index (χ2n) is 6.11. The fourth-order valence-corrected chi connectivity index (χ4v) is 3.75. The molecule has 1 amide bonds. The highest BCUT2D eigenvalue weighted by atomic mass is 16.2. The molecule has 1 aromatic rings. The summed E-state index contributed by atoms with van der Waals surface area (Å²) in [6, 6.07) is 6.39. The van der Waals surface area contributed by atoms with E-state index in [0.717, 1.165) is 45.2 Å². The molecule has 20 heavy (non-hydrogen) atoms. The third-order valence-corrected chi connectivity index (χ3v) is 4.92. The molecule has 1 saturated heterocycles. The number of nitrogens with zero attached hydrogens (tertiary/aromatic N) is 1. The van der Waals surface area contributed by atoms with Gasteiger partial charge in [-0.25, -0.2) is 0 Å². The Bertz CT molecular complexity index is 518. The standard InChI is InChI=1S/C17H24N2O/c1-3-17(10-6-11-18-17)16(20)19-12-5-9-14-8-4-7-13(2)15(14)19/h4,7-8,18H,3,5-6,9-12H2,1-2H3. The van der Waals surface area contributed by atoms with Crippen molar-refractivity contribution >= 4 is 11.6 Å². The Hall–Kier alpha value is -1.35. The summed E-state index contributed by atoms with van der Waals surface area (Å²) in [6.07, 6.45) is 5.12. The third-order valence-electron chi connectivity index (χ3n) is 4.92. The number of amides is 1. The molecule has 0 spiro atoms. The number of aryl methyl sites for hydroxylation is 2. The van der Waals surface area contributed by atoms with Crippen LogP contribution >= 0.6 is 0 Å². The summed E-state index contributed by atoms with van der Waals surface area (Å²) in [6.45, 7) is 6.07. The largest absolute Gasteiger partial charge is 0.310 e. The molecule has 0 bridgehead atoms. The average Bonchev–Trinajstić information content (AvgIpc) is 2.96. The first kappa shape index (κ1) is 13.6. The van der Waals surface area contributed by atoms with Gasteiger partial charge >= 0.3 is 0 Å². The number of rotatable bonds is 2. The molecule has 108 valence electrons. The minimum atomic E-state index is -0.323. The number of nitrogens with one attached hydrogen (secondary N) is 1. The molecule has 1 fully saturated rings. The van der Waals surface area contributed by atoms with Crippen LogP contribution in [0.3, 0.4) is 0 Å². The summed E-state index contributed by atoms with van der Waals surface area (Å²) >= 11 is 0. The second-order valence-corrected chi connectivity index (χ2v) is 6.11. The molecule has 0 aliphatic carbocycles. The van der Waals surface area contributed by atoms with E-state index in [1.165, 1.54) is 16.8 Å². The summed E-state index contributed by atoms with van der Waals surface area (Å²) in [7, 11) is 0. The zero-order chi connectivity index (χ0) is 14.2. The molecule has 2 aliphatic heterocycles. The Labute approximate surface area is 121 Å². The van der Waals surface area contributed by atoms with Crippen molar-refractivity contribution in [2.24, 2.45) is 0 Å². The van der Waals surface area contributed by atoms with Crippen molar-refractivity contribution in [2.45, 2.75) is 51.5 Å². The predicted octanol–water partition coefficient (Wildman–Crippen LogP) is 2.81. The monoisotopic (exact) mass is 272 g/mol. The van der Waals surface area contributed by atoms with Crippen LogP contribution in [0.25, 0.3) is 0 Å². The Morgan fingerprint density at radius 3 is 2.95 bits per heavy atom. The second kappa shape index (κ2) is 5.21. The van der Waals surface area contributed by atoms with E-state index in [9.17, 15) is 4.79 Å². The lowest BCUT2D eigenvalue weighted by molar-refractivity contribution is -0.124. The summed E-state index contributed by atoms with van der Waals surface area (Å²) in [5.74, 6) is 0.285. The molecule has 0 saturated carbocycles. The molecule has 0 aromatic heterocycles. The summed E-state index contributed by atoms with van der Waals surface area (Å²) in [4.78, 5) is 15.2. The quantitative estimate of drug-likeness (QED) is 0.898. The van der Waals surface area contributed by atoms with E-state index in [-0.39, 0.29) is 11.4 Å². The number of hydrogen-bond acceptors (Lipinski definition) is 2. The number of carbonyl (C=O) groups is 1. The van der Waals surface area contributed by atoms with Crippen LogP contribution < -0.4 is 10.2 Å². The van der Waals surface area contributed by atoms with Crippen molar-refractivity contribution in [2.75, 3.05) is 18.0 Å². The number of benzene rings is 1. The van der Waals surface area contributed by atoms with Gasteiger partial charge in [0.1, 0.15) is 0 Å². The Kier molecular flexibility index (Phi) is 3.55. The van der Waals surface area contributed by atoms with E-state index in [4.69, 9.17) is 0 Å². The number of para-hydroxylation sites is 1. The zero-order valence-electron chi connectivity index (χ0n) is 12.5. The van der Waals surface area contributed by atoms with Crippen LogP contribution in [0.1, 0.15) is 43.7 Å². The van der Waals surface area contributed by atoms with Gasteiger partial charge in [-0.2, -0.15) is 0 Å². The highest BCUT2D eigenvalue weighted by Gasteiger charge is 2.43. The molecule has 3 heteroatoms. The van der Waals surface area contributed by atoms with Crippen molar-refractivity contribution in [3.8, 4) is 0 Å². The minimum absolute atomic E-state index is 0.285. The van der Waals surface area contributed by atoms with Gasteiger partial charge in [-0.15, -0.1) is 0 Å². The van der Waals surface area contributed by atoms with Gasteiger partial charge in [0.2, 0.25) is 5.91 Å². The van der Waals surface area contributed by atoms with E-state index in [0.29, 0.717) is 0 Å². The Morgan fingerprint density at radius 1 is 1.40 bits per heavy atom. The molecular weight excluding hydrogens is 248 g/mol. The molecule has 3 nitrogen and oxygen atoms in total. The van der Waals surface area contributed by atoms with Gasteiger partial charge in [-0.05, 0) is 56.7 Å². The maximum absolute atomic E-state index is 13.1. The van der Waals surface area contributed by atoms with Crippen molar-refractivity contribution in [3.05, 3.63) is 29.3 Å². The fraction of sp³-hybridized carbons (Fsp3) is 0.588. The van der Waals surface area contributed by atoms with E-state index in [1.54, 1.807) is 0 Å². The SMILES string of the molecule is CCC1(C(=O)N2CCCc3cccc(C)c32)CCCN1. The summed E-state index contributed by atoms with van der Waals surface area (Å²) < 4.78 is 0. The van der Waals surface area contributed by atoms with Crippen LogP contribution in [0.4, 0.5) is 5.69 Å². The number of carbonyl (C=O) groups excluding carboxylic acids is 1. The third kappa shape index (κ3) is 2.05. The number of hydrogen-bond donors (Lipinski definition) is 1. The van der Waals surface area contributed by atoms with Crippen molar-refractivity contribution in [1.82, 2.24) is 5.32 Å². The van der Waals surface area contributed by atoms with Crippen LogP contribution in [0.15, 0.2) is 18.2 Å². The predicted molar refractivity (Wildman–Crippen MR) is 82.1 cm³/mol. The van der Waals surface area contributed by atoms with Crippen molar-refractivity contribution in [1.29, 1.82) is 0 Å². The Morgan fingerprint density at radius 2 is 2.25 bits per heavy atom. The fourth-order valence-electron chi connectivity index (χ4n) is 3.75. The van der Waals surface area contributed by atoms with Gasteiger partial charge < -0.3 is 10.2 Å². The average molecular weight is 272 g/mol. The molecule has 1 atom stereocenters. The van der Waals surface area contributed by atoms with Gasteiger partial charge in [0.15, 0.2) is 0 Å². The smallest absolute Gasteiger partial charge is 0.247 e. The first-order valence-electron chi connectivity index (χ1n) is 7.83. The van der Waals surface area contributed by atoms with Gasteiger partial charge in [0.05, 0.1) is 5.54 Å². The van der Waals surface area contributed by atoms with Crippen molar-refractivity contribution < 1.29 is 4.79 Å². The molecule has 3 rings (SSSR count). The number of anilines is 1. The van der Waals surface area contributed by atoms with E-state index < -0.39 is 0 Å². The first-order valence-corrected chi connectivity index (χ1v) is 7.83. The van der Waals surface area contributed by atoms with Crippen LogP contribution in [-0.2, 0) is 11.2 Å². The lowest BCUT2D eigenvalue weighted by Gasteiger charge is -2.38. The van der Waals surface area contributed by atoms with Crippen LogP contribution in [0.5, 0.6) is 0 Å². The lowest BCUT2D eigenvalue weighted by atomic mass is 9.89. The molecule has 2 aliphatic rings. The molecule has 1 aromatic carbocycles. The molecule has 2 heterocycles. The summed E-state index contributed by atoms with van der Waals surface area (Å²) in [5.41, 5.74) is 3.40. The van der Waals surface area contributed by atoms with Gasteiger partial charge in [-0.1, -0.05) is 25.1 Å². The Balaban J connectivity index is 1.98. The summed E-state index contributed by atoms with van der Waals surface area (Å²) in [5, 5.41) is 3.48. The topological polar surface area (TPSA) is 32.3 Å². The van der Waals surface area contributed by atoms with Gasteiger partial charge in [0.25, 0.3) is 0 Å². The maximum Gasteiger partial charge on any atom is 0.247 e. The first-order chi connectivity index (χ1) is 9.68. The van der Waals surface area contributed by atoms with E-state index in [1.807, 2.05) is 0 Å². The van der Waals surface area contributed by atoms with Crippen molar-refractivity contribution in [3.63, 3.8) is 0 Å². The molecule has 1 unspecified atom stereocenters. The van der Waals surface area contributed by atoms with Crippen LogP contribution in [-0.4, -0.2) is 24.5 Å².